The largest absolute Gasteiger partial charge is 0.412 e. The molecule has 0 spiro atoms. The first-order chi connectivity index (χ1) is 11.9. The first-order valence-electron chi connectivity index (χ1n) is 8.42. The highest BCUT2D eigenvalue weighted by Crippen LogP contribution is 2.30. The number of nitrogens with zero attached hydrogens (tertiary/aromatic N) is 2. The van der Waals surface area contributed by atoms with Crippen molar-refractivity contribution in [3.63, 3.8) is 0 Å². The van der Waals surface area contributed by atoms with Crippen molar-refractivity contribution in [1.29, 1.82) is 0 Å². The quantitative estimate of drug-likeness (QED) is 0.831. The van der Waals surface area contributed by atoms with E-state index in [4.69, 9.17) is 0 Å². The lowest BCUT2D eigenvalue weighted by atomic mass is 9.99. The molecule has 1 saturated heterocycles. The number of rotatable bonds is 4. The molecule has 6 heteroatoms. The number of hydrogen-bond acceptors (Lipinski definition) is 2. The van der Waals surface area contributed by atoms with Crippen molar-refractivity contribution in [2.75, 3.05) is 19.6 Å². The lowest BCUT2D eigenvalue weighted by molar-refractivity contribution is -0.204. The maximum absolute atomic E-state index is 13.6. The van der Waals surface area contributed by atoms with Gasteiger partial charge in [-0.05, 0) is 17.9 Å². The zero-order chi connectivity index (χ0) is 17.9. The Morgan fingerprint density at radius 3 is 2.48 bits per heavy atom. The van der Waals surface area contributed by atoms with Crippen LogP contribution in [0.4, 0.5) is 13.2 Å². The van der Waals surface area contributed by atoms with Crippen molar-refractivity contribution in [3.05, 3.63) is 60.2 Å². The third kappa shape index (κ3) is 4.31. The molecule has 25 heavy (non-hydrogen) atoms. The van der Waals surface area contributed by atoms with Gasteiger partial charge in [-0.3, -0.25) is 9.69 Å². The SMILES string of the molecule is O=C1C(C(F)(F)F)N(Cc2ccccc2)CCN1CC1C=CC=CC1. The molecular weight excluding hydrogens is 329 g/mol. The Balaban J connectivity index is 1.73. The average Bonchev–Trinajstić information content (AvgIpc) is 2.58. The van der Waals surface area contributed by atoms with Crippen LogP contribution in [0.25, 0.3) is 0 Å². The van der Waals surface area contributed by atoms with Crippen molar-refractivity contribution in [2.24, 2.45) is 5.92 Å². The first kappa shape index (κ1) is 17.7. The van der Waals surface area contributed by atoms with Crippen molar-refractivity contribution in [1.82, 2.24) is 9.80 Å². The molecule has 3 rings (SSSR count). The van der Waals surface area contributed by atoms with E-state index in [0.29, 0.717) is 13.1 Å². The average molecular weight is 350 g/mol. The fourth-order valence-corrected chi connectivity index (χ4v) is 3.38. The highest BCUT2D eigenvalue weighted by atomic mass is 19.4. The second-order valence-electron chi connectivity index (χ2n) is 6.49. The minimum absolute atomic E-state index is 0.0866. The van der Waals surface area contributed by atoms with Crippen LogP contribution in [0.3, 0.4) is 0 Å². The lowest BCUT2D eigenvalue weighted by Crippen LogP contribution is -2.62. The molecule has 0 bridgehead atoms. The Morgan fingerprint density at radius 1 is 1.08 bits per heavy atom. The number of piperazine rings is 1. The maximum Gasteiger partial charge on any atom is 0.412 e. The van der Waals surface area contributed by atoms with Crippen LogP contribution in [-0.2, 0) is 11.3 Å². The van der Waals surface area contributed by atoms with Gasteiger partial charge in [0.15, 0.2) is 6.04 Å². The number of allylic oxidation sites excluding steroid dienone is 3. The molecule has 0 N–H and O–H groups in total. The van der Waals surface area contributed by atoms with Crippen LogP contribution in [0.5, 0.6) is 0 Å². The van der Waals surface area contributed by atoms with Crippen LogP contribution in [0.15, 0.2) is 54.6 Å². The van der Waals surface area contributed by atoms with Crippen LogP contribution in [0, 0.1) is 5.92 Å². The molecular formula is C19H21F3N2O. The summed E-state index contributed by atoms with van der Waals surface area (Å²) in [7, 11) is 0. The smallest absolute Gasteiger partial charge is 0.339 e. The second kappa shape index (κ2) is 7.44. The van der Waals surface area contributed by atoms with Gasteiger partial charge in [0.1, 0.15) is 0 Å². The van der Waals surface area contributed by atoms with E-state index in [9.17, 15) is 18.0 Å². The number of hydrogen-bond donors (Lipinski definition) is 0. The van der Waals surface area contributed by atoms with Gasteiger partial charge in [0.25, 0.3) is 0 Å². The van der Waals surface area contributed by atoms with E-state index in [-0.39, 0.29) is 19.0 Å². The molecule has 2 atom stereocenters. The van der Waals surface area contributed by atoms with Crippen LogP contribution in [0.2, 0.25) is 0 Å². The number of benzene rings is 1. The summed E-state index contributed by atoms with van der Waals surface area (Å²) in [5.41, 5.74) is 0.776. The molecule has 0 aromatic heterocycles. The van der Waals surface area contributed by atoms with E-state index >= 15 is 0 Å². The van der Waals surface area contributed by atoms with E-state index in [1.807, 2.05) is 30.4 Å². The molecule has 3 nitrogen and oxygen atoms in total. The second-order valence-corrected chi connectivity index (χ2v) is 6.49. The Hall–Kier alpha value is -2.08. The zero-order valence-corrected chi connectivity index (χ0v) is 13.8. The summed E-state index contributed by atoms with van der Waals surface area (Å²) in [6.07, 6.45) is 3.89. The zero-order valence-electron chi connectivity index (χ0n) is 13.8. The Bertz CT molecular complexity index is 654. The molecule has 1 heterocycles. The van der Waals surface area contributed by atoms with Crippen LogP contribution in [0.1, 0.15) is 12.0 Å². The van der Waals surface area contributed by atoms with Gasteiger partial charge in [0, 0.05) is 26.2 Å². The Morgan fingerprint density at radius 2 is 1.84 bits per heavy atom. The standard InChI is InChI=1S/C19H21F3N2O/c20-19(21,22)17-18(25)24(14-16-9-5-2-6-10-16)12-11-23(17)13-15-7-3-1-4-8-15/h1-9,16-17H,10-14H2. The van der Waals surface area contributed by atoms with Crippen LogP contribution < -0.4 is 0 Å². The molecule has 1 aliphatic heterocycles. The molecule has 1 aliphatic carbocycles. The number of alkyl halides is 3. The molecule has 1 aromatic carbocycles. The van der Waals surface area contributed by atoms with Gasteiger partial charge in [-0.25, -0.2) is 0 Å². The molecule has 134 valence electrons. The van der Waals surface area contributed by atoms with Crippen molar-refractivity contribution in [3.8, 4) is 0 Å². The third-order valence-electron chi connectivity index (χ3n) is 4.63. The summed E-state index contributed by atoms with van der Waals surface area (Å²) in [6, 6.07) is 6.90. The molecule has 1 fully saturated rings. The molecule has 2 aliphatic rings. The highest BCUT2D eigenvalue weighted by molar-refractivity contribution is 5.83. The monoisotopic (exact) mass is 350 g/mol. The van der Waals surface area contributed by atoms with Gasteiger partial charge < -0.3 is 4.90 Å². The fraction of sp³-hybridized carbons (Fsp3) is 0.421. The van der Waals surface area contributed by atoms with Gasteiger partial charge in [-0.1, -0.05) is 54.6 Å². The summed E-state index contributed by atoms with van der Waals surface area (Å²) >= 11 is 0. The van der Waals surface area contributed by atoms with Crippen LogP contribution >= 0.6 is 0 Å². The number of halogens is 3. The van der Waals surface area contributed by atoms with E-state index in [2.05, 4.69) is 0 Å². The first-order valence-corrected chi connectivity index (χ1v) is 8.42. The van der Waals surface area contributed by atoms with Crippen molar-refractivity contribution < 1.29 is 18.0 Å². The molecule has 0 saturated carbocycles. The van der Waals surface area contributed by atoms with E-state index in [1.54, 1.807) is 24.3 Å². The summed E-state index contributed by atoms with van der Waals surface area (Å²) < 4.78 is 40.7. The van der Waals surface area contributed by atoms with E-state index in [1.165, 1.54) is 9.80 Å². The minimum atomic E-state index is -4.58. The van der Waals surface area contributed by atoms with Gasteiger partial charge >= 0.3 is 6.18 Å². The molecule has 1 aromatic rings. The molecule has 2 unspecified atom stereocenters. The number of carbonyl (C=O) groups is 1. The molecule has 0 radical (unpaired) electrons. The Labute approximate surface area is 145 Å². The normalized spacial score (nSPS) is 24.8. The summed E-state index contributed by atoms with van der Waals surface area (Å²) in [5.74, 6) is -0.749. The van der Waals surface area contributed by atoms with Crippen molar-refractivity contribution in [2.45, 2.75) is 25.2 Å². The number of carbonyl (C=O) groups excluding carboxylic acids is 1. The van der Waals surface area contributed by atoms with Gasteiger partial charge in [-0.2, -0.15) is 13.2 Å². The van der Waals surface area contributed by atoms with E-state index < -0.39 is 18.1 Å². The predicted molar refractivity (Wildman–Crippen MR) is 89.7 cm³/mol. The molecule has 1 amide bonds. The topological polar surface area (TPSA) is 23.6 Å². The lowest BCUT2D eigenvalue weighted by Gasteiger charge is -2.42. The third-order valence-corrected chi connectivity index (χ3v) is 4.63. The number of amides is 1. The minimum Gasteiger partial charge on any atom is -0.339 e. The highest BCUT2D eigenvalue weighted by Gasteiger charge is 2.52. The Kier molecular flexibility index (Phi) is 5.27. The van der Waals surface area contributed by atoms with Gasteiger partial charge in [0.2, 0.25) is 5.91 Å². The van der Waals surface area contributed by atoms with Crippen molar-refractivity contribution >= 4 is 5.91 Å². The fourth-order valence-electron chi connectivity index (χ4n) is 3.38. The summed E-state index contributed by atoms with van der Waals surface area (Å²) in [5, 5.41) is 0. The predicted octanol–water partition coefficient (Wildman–Crippen LogP) is 3.39. The van der Waals surface area contributed by atoms with E-state index in [0.717, 1.165) is 12.0 Å². The maximum atomic E-state index is 13.6. The van der Waals surface area contributed by atoms with Gasteiger partial charge in [-0.15, -0.1) is 0 Å². The van der Waals surface area contributed by atoms with Crippen LogP contribution in [-0.4, -0.2) is 47.6 Å². The van der Waals surface area contributed by atoms with Gasteiger partial charge in [0.05, 0.1) is 0 Å². The summed E-state index contributed by atoms with van der Waals surface area (Å²) in [6.45, 7) is 1.01. The summed E-state index contributed by atoms with van der Waals surface area (Å²) in [4.78, 5) is 15.2.